The number of hydrogen-bond acceptors (Lipinski definition) is 3. The van der Waals surface area contributed by atoms with Gasteiger partial charge in [0.15, 0.2) is 0 Å². The number of likely N-dealkylation sites (tertiary alicyclic amines) is 1. The molecule has 0 radical (unpaired) electrons. The summed E-state index contributed by atoms with van der Waals surface area (Å²) >= 11 is 0. The molecular formula is C12H26N2O. The summed E-state index contributed by atoms with van der Waals surface area (Å²) in [5, 5.41) is 9.64. The van der Waals surface area contributed by atoms with E-state index in [1.165, 1.54) is 6.42 Å². The molecule has 1 aliphatic rings. The van der Waals surface area contributed by atoms with Crippen molar-refractivity contribution in [2.45, 2.75) is 44.8 Å². The first kappa shape index (κ1) is 12.9. The number of hydrogen-bond donors (Lipinski definition) is 1. The molecule has 0 bridgehead atoms. The third-order valence-corrected chi connectivity index (χ3v) is 3.36. The zero-order valence-electron chi connectivity index (χ0n) is 10.7. The standard InChI is InChI=1S/C12H26N2O/c1-12(2)10-11(15)6-9-14(12)8-5-7-13(3)4/h11,15H,5-10H2,1-4H3. The van der Waals surface area contributed by atoms with E-state index in [0.29, 0.717) is 0 Å². The van der Waals surface area contributed by atoms with Crippen LogP contribution in [0.25, 0.3) is 0 Å². The predicted molar refractivity (Wildman–Crippen MR) is 64.1 cm³/mol. The predicted octanol–water partition coefficient (Wildman–Crippen LogP) is 1.17. The number of piperidine rings is 1. The summed E-state index contributed by atoms with van der Waals surface area (Å²) in [5.41, 5.74) is 0.171. The molecule has 3 heteroatoms. The molecule has 15 heavy (non-hydrogen) atoms. The van der Waals surface area contributed by atoms with Gasteiger partial charge in [-0.25, -0.2) is 0 Å². The van der Waals surface area contributed by atoms with Crippen LogP contribution in [0.15, 0.2) is 0 Å². The van der Waals surface area contributed by atoms with Crippen molar-refractivity contribution in [2.24, 2.45) is 0 Å². The summed E-state index contributed by atoms with van der Waals surface area (Å²) in [6, 6.07) is 0. The van der Waals surface area contributed by atoms with Crippen LogP contribution in [0.3, 0.4) is 0 Å². The fourth-order valence-electron chi connectivity index (χ4n) is 2.41. The zero-order valence-corrected chi connectivity index (χ0v) is 10.7. The summed E-state index contributed by atoms with van der Waals surface area (Å²) in [5.74, 6) is 0. The van der Waals surface area contributed by atoms with Crippen LogP contribution < -0.4 is 0 Å². The average Bonchev–Trinajstić information content (AvgIpc) is 2.07. The fraction of sp³-hybridized carbons (Fsp3) is 1.00. The fourth-order valence-corrected chi connectivity index (χ4v) is 2.41. The highest BCUT2D eigenvalue weighted by atomic mass is 16.3. The van der Waals surface area contributed by atoms with Gasteiger partial charge in [-0.15, -0.1) is 0 Å². The van der Waals surface area contributed by atoms with Crippen LogP contribution in [0.2, 0.25) is 0 Å². The van der Waals surface area contributed by atoms with Gasteiger partial charge in [-0.2, -0.15) is 0 Å². The number of nitrogens with zero attached hydrogens (tertiary/aromatic N) is 2. The van der Waals surface area contributed by atoms with Crippen molar-refractivity contribution in [1.82, 2.24) is 9.80 Å². The first-order valence-corrected chi connectivity index (χ1v) is 5.99. The molecule has 1 rings (SSSR count). The van der Waals surface area contributed by atoms with Gasteiger partial charge in [-0.05, 0) is 60.3 Å². The van der Waals surface area contributed by atoms with Gasteiger partial charge in [0, 0.05) is 12.1 Å². The molecule has 0 aliphatic carbocycles. The second-order valence-corrected chi connectivity index (χ2v) is 5.60. The lowest BCUT2D eigenvalue weighted by Crippen LogP contribution is -2.51. The number of aliphatic hydroxyl groups is 1. The van der Waals surface area contributed by atoms with Crippen molar-refractivity contribution in [3.63, 3.8) is 0 Å². The highest BCUT2D eigenvalue weighted by Crippen LogP contribution is 2.27. The second kappa shape index (κ2) is 5.28. The van der Waals surface area contributed by atoms with Crippen LogP contribution in [-0.2, 0) is 0 Å². The first-order chi connectivity index (χ1) is 6.92. The van der Waals surface area contributed by atoms with Gasteiger partial charge in [0.2, 0.25) is 0 Å². The van der Waals surface area contributed by atoms with Crippen LogP contribution in [0.5, 0.6) is 0 Å². The summed E-state index contributed by atoms with van der Waals surface area (Å²) in [7, 11) is 4.23. The largest absolute Gasteiger partial charge is 0.393 e. The van der Waals surface area contributed by atoms with Gasteiger partial charge < -0.3 is 10.0 Å². The van der Waals surface area contributed by atoms with Gasteiger partial charge in [-0.3, -0.25) is 4.90 Å². The SMILES string of the molecule is CN(C)CCCN1CCC(O)CC1(C)C. The van der Waals surface area contributed by atoms with Crippen LogP contribution in [0, 0.1) is 0 Å². The summed E-state index contributed by atoms with van der Waals surface area (Å²) in [6.07, 6.45) is 2.97. The van der Waals surface area contributed by atoms with E-state index in [9.17, 15) is 5.11 Å². The van der Waals surface area contributed by atoms with Crippen molar-refractivity contribution < 1.29 is 5.11 Å². The quantitative estimate of drug-likeness (QED) is 0.761. The zero-order chi connectivity index (χ0) is 11.5. The molecule has 1 fully saturated rings. The van der Waals surface area contributed by atoms with Crippen LogP contribution in [0.1, 0.15) is 33.1 Å². The minimum atomic E-state index is -0.0925. The molecule has 3 nitrogen and oxygen atoms in total. The molecule has 0 aromatic rings. The third-order valence-electron chi connectivity index (χ3n) is 3.36. The topological polar surface area (TPSA) is 26.7 Å². The second-order valence-electron chi connectivity index (χ2n) is 5.60. The van der Waals surface area contributed by atoms with Gasteiger partial charge in [-0.1, -0.05) is 0 Å². The normalized spacial score (nSPS) is 27.2. The Balaban J connectivity index is 2.34. The van der Waals surface area contributed by atoms with Gasteiger partial charge in [0.1, 0.15) is 0 Å². The van der Waals surface area contributed by atoms with E-state index >= 15 is 0 Å². The average molecular weight is 214 g/mol. The lowest BCUT2D eigenvalue weighted by molar-refractivity contribution is -0.00345. The maximum absolute atomic E-state index is 9.64. The smallest absolute Gasteiger partial charge is 0.0569 e. The first-order valence-electron chi connectivity index (χ1n) is 5.99. The van der Waals surface area contributed by atoms with E-state index in [1.54, 1.807) is 0 Å². The highest BCUT2D eigenvalue weighted by Gasteiger charge is 2.33. The van der Waals surface area contributed by atoms with Gasteiger partial charge in [0.05, 0.1) is 6.10 Å². The Kier molecular flexibility index (Phi) is 4.56. The van der Waals surface area contributed by atoms with E-state index in [1.807, 2.05) is 0 Å². The van der Waals surface area contributed by atoms with E-state index < -0.39 is 0 Å². The number of aliphatic hydroxyl groups excluding tert-OH is 1. The molecule has 1 unspecified atom stereocenters. The molecule has 1 atom stereocenters. The molecule has 1 heterocycles. The third kappa shape index (κ3) is 4.09. The molecule has 0 spiro atoms. The Morgan fingerprint density at radius 3 is 2.60 bits per heavy atom. The molecule has 1 saturated heterocycles. The lowest BCUT2D eigenvalue weighted by atomic mass is 9.88. The molecule has 90 valence electrons. The van der Waals surface area contributed by atoms with Crippen LogP contribution >= 0.6 is 0 Å². The van der Waals surface area contributed by atoms with E-state index in [4.69, 9.17) is 0 Å². The molecule has 0 aromatic carbocycles. The summed E-state index contributed by atoms with van der Waals surface area (Å²) in [4.78, 5) is 4.75. The van der Waals surface area contributed by atoms with Crippen molar-refractivity contribution in [3.8, 4) is 0 Å². The van der Waals surface area contributed by atoms with Crippen molar-refractivity contribution in [1.29, 1.82) is 0 Å². The molecule has 0 amide bonds. The van der Waals surface area contributed by atoms with E-state index in [0.717, 1.165) is 32.5 Å². The Hall–Kier alpha value is -0.120. The van der Waals surface area contributed by atoms with Crippen LogP contribution in [0.4, 0.5) is 0 Å². The molecule has 1 N–H and O–H groups in total. The molecule has 0 saturated carbocycles. The number of rotatable bonds is 4. The molecular weight excluding hydrogens is 188 g/mol. The van der Waals surface area contributed by atoms with Crippen LogP contribution in [-0.4, -0.2) is 60.3 Å². The van der Waals surface area contributed by atoms with Crippen molar-refractivity contribution >= 4 is 0 Å². The molecule has 0 aromatic heterocycles. The minimum absolute atomic E-state index is 0.0925. The summed E-state index contributed by atoms with van der Waals surface area (Å²) in [6.45, 7) is 7.82. The van der Waals surface area contributed by atoms with Crippen molar-refractivity contribution in [2.75, 3.05) is 33.7 Å². The van der Waals surface area contributed by atoms with E-state index in [2.05, 4.69) is 37.7 Å². The van der Waals surface area contributed by atoms with Crippen molar-refractivity contribution in [3.05, 3.63) is 0 Å². The van der Waals surface area contributed by atoms with Gasteiger partial charge >= 0.3 is 0 Å². The monoisotopic (exact) mass is 214 g/mol. The Morgan fingerprint density at radius 2 is 2.07 bits per heavy atom. The molecule has 1 aliphatic heterocycles. The maximum Gasteiger partial charge on any atom is 0.0569 e. The highest BCUT2D eigenvalue weighted by molar-refractivity contribution is 4.89. The summed E-state index contributed by atoms with van der Waals surface area (Å²) < 4.78 is 0. The van der Waals surface area contributed by atoms with E-state index in [-0.39, 0.29) is 11.6 Å². The lowest BCUT2D eigenvalue weighted by Gasteiger charge is -2.44. The Morgan fingerprint density at radius 1 is 1.40 bits per heavy atom. The Labute approximate surface area is 94.1 Å². The Bertz CT molecular complexity index is 192. The van der Waals surface area contributed by atoms with Gasteiger partial charge in [0.25, 0.3) is 0 Å². The minimum Gasteiger partial charge on any atom is -0.393 e. The maximum atomic E-state index is 9.64.